The normalized spacial score (nSPS) is 14.9. The van der Waals surface area contributed by atoms with Crippen LogP contribution < -0.4 is 9.47 Å². The van der Waals surface area contributed by atoms with Gasteiger partial charge in [0.15, 0.2) is 6.61 Å². The van der Waals surface area contributed by atoms with E-state index in [1.54, 1.807) is 11.3 Å². The van der Waals surface area contributed by atoms with Gasteiger partial charge in [0.2, 0.25) is 0 Å². The number of carbonyl (C=O) groups is 1. The smallest absolute Gasteiger partial charge is 0.260 e. The van der Waals surface area contributed by atoms with Crippen LogP contribution in [0.2, 0.25) is 0 Å². The molecule has 0 bridgehead atoms. The Hall–Kier alpha value is -2.64. The molecule has 29 heavy (non-hydrogen) atoms. The molecule has 152 valence electrons. The molecular weight excluding hydrogens is 386 g/mol. The predicted molar refractivity (Wildman–Crippen MR) is 115 cm³/mol. The molecule has 2 aromatic carbocycles. The lowest BCUT2D eigenvalue weighted by Crippen LogP contribution is -2.49. The average molecular weight is 412 g/mol. The van der Waals surface area contributed by atoms with Gasteiger partial charge >= 0.3 is 0 Å². The van der Waals surface area contributed by atoms with Gasteiger partial charge in [-0.25, -0.2) is 4.98 Å². The van der Waals surface area contributed by atoms with E-state index in [4.69, 9.17) is 14.5 Å². The number of amides is 1. The van der Waals surface area contributed by atoms with Gasteiger partial charge in [0.25, 0.3) is 5.91 Å². The Morgan fingerprint density at radius 2 is 1.69 bits per heavy atom. The van der Waals surface area contributed by atoms with Crippen LogP contribution in [-0.2, 0) is 11.3 Å². The fraction of sp³-hybridized carbons (Fsp3) is 0.364. The third-order valence-corrected chi connectivity index (χ3v) is 5.94. The number of hydrogen-bond acceptors (Lipinski definition) is 6. The fourth-order valence-electron chi connectivity index (χ4n) is 3.37. The molecule has 1 aromatic heterocycles. The number of nitrogens with zero attached hydrogens (tertiary/aromatic N) is 3. The third-order valence-electron chi connectivity index (χ3n) is 4.92. The number of rotatable bonds is 7. The van der Waals surface area contributed by atoms with Crippen LogP contribution in [0.4, 0.5) is 0 Å². The van der Waals surface area contributed by atoms with E-state index in [1.165, 1.54) is 4.70 Å². The zero-order valence-electron chi connectivity index (χ0n) is 16.5. The van der Waals surface area contributed by atoms with Gasteiger partial charge in [-0.3, -0.25) is 9.69 Å². The van der Waals surface area contributed by atoms with E-state index in [0.717, 1.165) is 49.0 Å². The number of carbonyl (C=O) groups excluding carboxylic acids is 1. The van der Waals surface area contributed by atoms with Crippen molar-refractivity contribution in [2.75, 3.05) is 39.4 Å². The number of aromatic nitrogens is 1. The molecule has 1 aliphatic rings. The molecule has 1 aliphatic heterocycles. The van der Waals surface area contributed by atoms with Crippen LogP contribution in [0.15, 0.2) is 48.5 Å². The van der Waals surface area contributed by atoms with Crippen LogP contribution >= 0.6 is 11.3 Å². The summed E-state index contributed by atoms with van der Waals surface area (Å²) in [6.45, 7) is 6.61. The minimum Gasteiger partial charge on any atom is -0.494 e. The lowest BCUT2D eigenvalue weighted by Gasteiger charge is -2.34. The van der Waals surface area contributed by atoms with Crippen molar-refractivity contribution in [3.63, 3.8) is 0 Å². The lowest BCUT2D eigenvalue weighted by molar-refractivity contribution is -0.135. The first kappa shape index (κ1) is 19.7. The molecule has 0 atom stereocenters. The van der Waals surface area contributed by atoms with E-state index >= 15 is 0 Å². The topological polar surface area (TPSA) is 54.9 Å². The molecule has 7 heteroatoms. The Kier molecular flexibility index (Phi) is 6.27. The largest absolute Gasteiger partial charge is 0.494 e. The zero-order chi connectivity index (χ0) is 20.1. The molecule has 0 radical (unpaired) electrons. The van der Waals surface area contributed by atoms with Crippen molar-refractivity contribution >= 4 is 27.5 Å². The maximum absolute atomic E-state index is 12.5. The third kappa shape index (κ3) is 5.05. The van der Waals surface area contributed by atoms with Crippen molar-refractivity contribution in [2.45, 2.75) is 13.5 Å². The van der Waals surface area contributed by atoms with Crippen LogP contribution in [0.25, 0.3) is 10.2 Å². The molecule has 3 aromatic rings. The van der Waals surface area contributed by atoms with E-state index in [-0.39, 0.29) is 12.5 Å². The van der Waals surface area contributed by atoms with E-state index < -0.39 is 0 Å². The standard InChI is InChI=1S/C22H25N3O3S/c1-2-27-17-7-9-18(10-8-17)28-16-22(26)25-13-11-24(12-14-25)15-21-23-19-5-3-4-6-20(19)29-21/h3-10H,2,11-16H2,1H3. The number of benzene rings is 2. The molecule has 0 N–H and O–H groups in total. The second-order valence-electron chi connectivity index (χ2n) is 6.93. The van der Waals surface area contributed by atoms with Crippen molar-refractivity contribution in [1.29, 1.82) is 0 Å². The summed E-state index contributed by atoms with van der Waals surface area (Å²) >= 11 is 1.75. The highest BCUT2D eigenvalue weighted by Crippen LogP contribution is 2.23. The fourth-order valence-corrected chi connectivity index (χ4v) is 4.38. The Labute approximate surface area is 174 Å². The quantitative estimate of drug-likeness (QED) is 0.596. The molecule has 1 amide bonds. The van der Waals surface area contributed by atoms with E-state index in [2.05, 4.69) is 17.0 Å². The first-order valence-electron chi connectivity index (χ1n) is 9.91. The second-order valence-corrected chi connectivity index (χ2v) is 8.04. The minimum absolute atomic E-state index is 0.0264. The van der Waals surface area contributed by atoms with Crippen molar-refractivity contribution < 1.29 is 14.3 Å². The molecule has 0 saturated carbocycles. The monoisotopic (exact) mass is 411 g/mol. The van der Waals surface area contributed by atoms with Gasteiger partial charge in [-0.2, -0.15) is 0 Å². The van der Waals surface area contributed by atoms with Crippen LogP contribution in [0.1, 0.15) is 11.9 Å². The summed E-state index contributed by atoms with van der Waals surface area (Å²) in [6.07, 6.45) is 0. The number of ether oxygens (including phenoxy) is 2. The van der Waals surface area contributed by atoms with Gasteiger partial charge in [0, 0.05) is 26.2 Å². The molecule has 0 spiro atoms. The molecule has 1 saturated heterocycles. The Morgan fingerprint density at radius 1 is 1.00 bits per heavy atom. The Morgan fingerprint density at radius 3 is 2.38 bits per heavy atom. The van der Waals surface area contributed by atoms with Gasteiger partial charge in [-0.1, -0.05) is 12.1 Å². The highest BCUT2D eigenvalue weighted by Gasteiger charge is 2.22. The number of para-hydroxylation sites is 1. The Bertz CT molecular complexity index is 916. The average Bonchev–Trinajstić information content (AvgIpc) is 3.16. The lowest BCUT2D eigenvalue weighted by atomic mass is 10.3. The molecule has 2 heterocycles. The highest BCUT2D eigenvalue weighted by molar-refractivity contribution is 7.18. The highest BCUT2D eigenvalue weighted by atomic mass is 32.1. The van der Waals surface area contributed by atoms with Crippen molar-refractivity contribution in [2.24, 2.45) is 0 Å². The first-order chi connectivity index (χ1) is 14.2. The molecule has 1 fully saturated rings. The molecule has 0 unspecified atom stereocenters. The van der Waals surface area contributed by atoms with E-state index in [0.29, 0.717) is 12.4 Å². The summed E-state index contributed by atoms with van der Waals surface area (Å²) < 4.78 is 12.3. The van der Waals surface area contributed by atoms with Crippen molar-refractivity contribution in [1.82, 2.24) is 14.8 Å². The van der Waals surface area contributed by atoms with Gasteiger partial charge in [0.1, 0.15) is 16.5 Å². The van der Waals surface area contributed by atoms with Gasteiger partial charge in [-0.15, -0.1) is 11.3 Å². The molecular formula is C22H25N3O3S. The number of fused-ring (bicyclic) bond motifs is 1. The predicted octanol–water partition coefficient (Wildman–Crippen LogP) is 3.42. The summed E-state index contributed by atoms with van der Waals surface area (Å²) in [5.41, 5.74) is 1.06. The molecule has 6 nitrogen and oxygen atoms in total. The second kappa shape index (κ2) is 9.24. The Balaban J connectivity index is 1.23. The maximum atomic E-state index is 12.5. The minimum atomic E-state index is 0.0264. The number of hydrogen-bond donors (Lipinski definition) is 0. The maximum Gasteiger partial charge on any atom is 0.260 e. The molecule has 0 aliphatic carbocycles. The SMILES string of the molecule is CCOc1ccc(OCC(=O)N2CCN(Cc3nc4ccccc4s3)CC2)cc1. The summed E-state index contributed by atoms with van der Waals surface area (Å²) in [6, 6.07) is 15.6. The number of piperazine rings is 1. The zero-order valence-corrected chi connectivity index (χ0v) is 17.4. The van der Waals surface area contributed by atoms with Crippen LogP contribution in [0, 0.1) is 0 Å². The van der Waals surface area contributed by atoms with Gasteiger partial charge < -0.3 is 14.4 Å². The van der Waals surface area contributed by atoms with Crippen LogP contribution in [-0.4, -0.2) is 60.1 Å². The number of thiazole rings is 1. The van der Waals surface area contributed by atoms with Crippen LogP contribution in [0.3, 0.4) is 0 Å². The van der Waals surface area contributed by atoms with E-state index in [9.17, 15) is 4.79 Å². The van der Waals surface area contributed by atoms with Crippen LogP contribution in [0.5, 0.6) is 11.5 Å². The van der Waals surface area contributed by atoms with Crippen molar-refractivity contribution in [3.05, 3.63) is 53.5 Å². The first-order valence-corrected chi connectivity index (χ1v) is 10.7. The summed E-state index contributed by atoms with van der Waals surface area (Å²) in [5, 5.41) is 1.13. The summed E-state index contributed by atoms with van der Waals surface area (Å²) in [7, 11) is 0. The molecule has 4 rings (SSSR count). The van der Waals surface area contributed by atoms with Gasteiger partial charge in [-0.05, 0) is 43.3 Å². The van der Waals surface area contributed by atoms with Gasteiger partial charge in [0.05, 0.1) is 23.4 Å². The van der Waals surface area contributed by atoms with Crippen molar-refractivity contribution in [3.8, 4) is 11.5 Å². The summed E-state index contributed by atoms with van der Waals surface area (Å²) in [5.74, 6) is 1.50. The van der Waals surface area contributed by atoms with E-state index in [1.807, 2.05) is 48.2 Å². The summed E-state index contributed by atoms with van der Waals surface area (Å²) in [4.78, 5) is 21.4.